The molecule has 0 radical (unpaired) electrons. The Morgan fingerprint density at radius 2 is 2.16 bits per heavy atom. The van der Waals surface area contributed by atoms with Crippen LogP contribution in [0, 0.1) is 0 Å². The highest BCUT2D eigenvalue weighted by atomic mass is 32.2. The average molecular weight is 281 g/mol. The molecule has 19 heavy (non-hydrogen) atoms. The van der Waals surface area contributed by atoms with Crippen LogP contribution in [0.15, 0.2) is 12.1 Å². The van der Waals surface area contributed by atoms with Crippen LogP contribution in [0.5, 0.6) is 0 Å². The first-order valence-electron chi connectivity index (χ1n) is 6.40. The molecule has 1 fully saturated rings. The quantitative estimate of drug-likeness (QED) is 0.836. The fourth-order valence-electron chi connectivity index (χ4n) is 2.36. The van der Waals surface area contributed by atoms with Gasteiger partial charge in [-0.15, -0.1) is 10.2 Å². The summed E-state index contributed by atoms with van der Waals surface area (Å²) in [6, 6.07) is 3.39. The smallest absolute Gasteiger partial charge is 0.358 e. The van der Waals surface area contributed by atoms with E-state index in [9.17, 15) is 4.79 Å². The molecule has 1 N–H and O–H groups in total. The van der Waals surface area contributed by atoms with Crippen LogP contribution in [0.3, 0.4) is 0 Å². The number of thioether (sulfide) groups is 1. The van der Waals surface area contributed by atoms with Gasteiger partial charge in [0.25, 0.3) is 0 Å². The van der Waals surface area contributed by atoms with Gasteiger partial charge in [0.1, 0.15) is 5.82 Å². The van der Waals surface area contributed by atoms with Crippen LogP contribution in [0.1, 0.15) is 36.2 Å². The minimum absolute atomic E-state index is 0.230. The molecule has 1 saturated carbocycles. The molecule has 0 bridgehead atoms. The zero-order valence-corrected chi connectivity index (χ0v) is 12.1. The Hall–Kier alpha value is -1.30. The van der Waals surface area contributed by atoms with Crippen molar-refractivity contribution in [3.8, 4) is 0 Å². The number of esters is 1. The molecule has 0 saturated heterocycles. The van der Waals surface area contributed by atoms with Gasteiger partial charge in [-0.05, 0) is 31.2 Å². The molecule has 2 rings (SSSR count). The van der Waals surface area contributed by atoms with E-state index in [1.54, 1.807) is 12.1 Å². The van der Waals surface area contributed by atoms with Gasteiger partial charge in [-0.3, -0.25) is 0 Å². The third-order valence-corrected chi connectivity index (χ3v) is 5.02. The molecule has 0 aromatic carbocycles. The Labute approximate surface area is 117 Å². The minimum atomic E-state index is -0.463. The van der Waals surface area contributed by atoms with E-state index in [0.717, 1.165) is 6.54 Å². The number of rotatable bonds is 5. The third kappa shape index (κ3) is 3.37. The third-order valence-electron chi connectivity index (χ3n) is 3.60. The molecule has 1 aliphatic rings. The second kappa shape index (κ2) is 6.23. The topological polar surface area (TPSA) is 64.1 Å². The number of carbonyl (C=O) groups excluding carboxylic acids is 1. The Balaban J connectivity index is 1.94. The van der Waals surface area contributed by atoms with E-state index in [4.69, 9.17) is 0 Å². The first-order chi connectivity index (χ1) is 9.19. The molecule has 1 aromatic rings. The molecule has 6 heteroatoms. The van der Waals surface area contributed by atoms with E-state index in [0.29, 0.717) is 10.6 Å². The van der Waals surface area contributed by atoms with Gasteiger partial charge in [-0.25, -0.2) is 4.79 Å². The predicted octanol–water partition coefficient (Wildman–Crippen LogP) is 2.35. The van der Waals surface area contributed by atoms with E-state index in [-0.39, 0.29) is 5.69 Å². The number of aromatic nitrogens is 2. The van der Waals surface area contributed by atoms with Crippen LogP contribution < -0.4 is 5.32 Å². The van der Waals surface area contributed by atoms with Crippen molar-refractivity contribution >= 4 is 23.5 Å². The monoisotopic (exact) mass is 281 g/mol. The van der Waals surface area contributed by atoms with Gasteiger partial charge < -0.3 is 10.1 Å². The maximum atomic E-state index is 11.2. The van der Waals surface area contributed by atoms with Gasteiger partial charge in [-0.1, -0.05) is 12.8 Å². The minimum Gasteiger partial charge on any atom is -0.464 e. The van der Waals surface area contributed by atoms with Crippen molar-refractivity contribution in [1.29, 1.82) is 0 Å². The lowest BCUT2D eigenvalue weighted by Gasteiger charge is -2.27. The van der Waals surface area contributed by atoms with Gasteiger partial charge in [-0.2, -0.15) is 11.8 Å². The van der Waals surface area contributed by atoms with Crippen molar-refractivity contribution in [2.75, 3.05) is 25.2 Å². The molecular weight excluding hydrogens is 262 g/mol. The Morgan fingerprint density at radius 1 is 1.42 bits per heavy atom. The van der Waals surface area contributed by atoms with Crippen molar-refractivity contribution < 1.29 is 9.53 Å². The lowest BCUT2D eigenvalue weighted by Crippen LogP contribution is -2.30. The van der Waals surface area contributed by atoms with Gasteiger partial charge in [0.05, 0.1) is 7.11 Å². The number of hydrogen-bond acceptors (Lipinski definition) is 6. The zero-order chi connectivity index (χ0) is 13.7. The van der Waals surface area contributed by atoms with E-state index in [2.05, 4.69) is 26.5 Å². The molecule has 0 unspecified atom stereocenters. The van der Waals surface area contributed by atoms with Gasteiger partial charge in [0.15, 0.2) is 5.69 Å². The van der Waals surface area contributed by atoms with Crippen LogP contribution in [0.4, 0.5) is 5.82 Å². The Kier molecular flexibility index (Phi) is 4.63. The Bertz CT molecular complexity index is 430. The average Bonchev–Trinajstić information content (AvgIpc) is 2.94. The summed E-state index contributed by atoms with van der Waals surface area (Å²) >= 11 is 1.93. The number of ether oxygens (including phenoxy) is 1. The summed E-state index contributed by atoms with van der Waals surface area (Å²) in [6.07, 6.45) is 7.26. The standard InChI is InChI=1S/C13H19N3O2S/c1-18-12(17)10-5-6-11(16-15-10)14-9-13(19-2)7-3-4-8-13/h5-6H,3-4,7-9H2,1-2H3,(H,14,16). The van der Waals surface area contributed by atoms with Crippen molar-refractivity contribution in [2.24, 2.45) is 0 Å². The predicted molar refractivity (Wildman–Crippen MR) is 76.6 cm³/mol. The number of nitrogens with zero attached hydrogens (tertiary/aromatic N) is 2. The molecule has 1 aliphatic carbocycles. The van der Waals surface area contributed by atoms with Crippen LogP contribution in [0.2, 0.25) is 0 Å². The molecule has 0 spiro atoms. The van der Waals surface area contributed by atoms with E-state index in [1.165, 1.54) is 32.8 Å². The first kappa shape index (κ1) is 14.1. The number of nitrogens with one attached hydrogen (secondary N) is 1. The molecule has 104 valence electrons. The van der Waals surface area contributed by atoms with Crippen LogP contribution >= 0.6 is 11.8 Å². The van der Waals surface area contributed by atoms with E-state index < -0.39 is 5.97 Å². The second-order valence-electron chi connectivity index (χ2n) is 4.74. The zero-order valence-electron chi connectivity index (χ0n) is 11.3. The first-order valence-corrected chi connectivity index (χ1v) is 7.63. The SMILES string of the molecule is COC(=O)c1ccc(NCC2(SC)CCCC2)nn1. The van der Waals surface area contributed by atoms with Crippen molar-refractivity contribution in [3.05, 3.63) is 17.8 Å². The second-order valence-corrected chi connectivity index (χ2v) is 6.02. The molecule has 1 aromatic heterocycles. The molecule has 0 aliphatic heterocycles. The number of anilines is 1. The molecule has 0 atom stereocenters. The largest absolute Gasteiger partial charge is 0.464 e. The number of methoxy groups -OCH3 is 1. The molecule has 1 heterocycles. The van der Waals surface area contributed by atoms with Crippen molar-refractivity contribution in [2.45, 2.75) is 30.4 Å². The van der Waals surface area contributed by atoms with E-state index >= 15 is 0 Å². The number of carbonyl (C=O) groups is 1. The van der Waals surface area contributed by atoms with Crippen LogP contribution in [0.25, 0.3) is 0 Å². The molecule has 0 amide bonds. The van der Waals surface area contributed by atoms with Gasteiger partial charge in [0.2, 0.25) is 0 Å². The van der Waals surface area contributed by atoms with E-state index in [1.807, 2.05) is 11.8 Å². The van der Waals surface area contributed by atoms with Crippen LogP contribution in [-0.4, -0.2) is 40.8 Å². The fourth-order valence-corrected chi connectivity index (χ4v) is 3.28. The van der Waals surface area contributed by atoms with Crippen molar-refractivity contribution in [3.63, 3.8) is 0 Å². The summed E-state index contributed by atoms with van der Waals surface area (Å²) in [5.41, 5.74) is 0.230. The summed E-state index contributed by atoms with van der Waals surface area (Å²) in [4.78, 5) is 11.2. The van der Waals surface area contributed by atoms with Crippen molar-refractivity contribution in [1.82, 2.24) is 10.2 Å². The Morgan fingerprint density at radius 3 is 2.68 bits per heavy atom. The highest BCUT2D eigenvalue weighted by Gasteiger charge is 2.32. The maximum absolute atomic E-state index is 11.2. The summed E-state index contributed by atoms with van der Waals surface area (Å²) in [5.74, 6) is 0.239. The summed E-state index contributed by atoms with van der Waals surface area (Å²) in [7, 11) is 1.33. The lowest BCUT2D eigenvalue weighted by molar-refractivity contribution is 0.0593. The summed E-state index contributed by atoms with van der Waals surface area (Å²) < 4.78 is 4.91. The van der Waals surface area contributed by atoms with Gasteiger partial charge in [0, 0.05) is 11.3 Å². The van der Waals surface area contributed by atoms with Crippen LogP contribution in [-0.2, 0) is 4.74 Å². The highest BCUT2D eigenvalue weighted by Crippen LogP contribution is 2.40. The van der Waals surface area contributed by atoms with Gasteiger partial charge >= 0.3 is 5.97 Å². The molecule has 5 nitrogen and oxygen atoms in total. The summed E-state index contributed by atoms with van der Waals surface area (Å²) in [6.45, 7) is 0.889. The normalized spacial score (nSPS) is 17.2. The fraction of sp³-hybridized carbons (Fsp3) is 0.615. The lowest BCUT2D eigenvalue weighted by atomic mass is 10.1. The summed E-state index contributed by atoms with van der Waals surface area (Å²) in [5, 5.41) is 11.2. The molecular formula is C13H19N3O2S. The number of hydrogen-bond donors (Lipinski definition) is 1. The maximum Gasteiger partial charge on any atom is 0.358 e. The highest BCUT2D eigenvalue weighted by molar-refractivity contribution is 8.00.